The second-order valence-electron chi connectivity index (χ2n) is 7.95. The molecule has 1 fully saturated rings. The number of methoxy groups -OCH3 is 1. The van der Waals surface area contributed by atoms with Crippen molar-refractivity contribution in [2.45, 2.75) is 19.9 Å². The lowest BCUT2D eigenvalue weighted by molar-refractivity contribution is -0.132. The monoisotopic (exact) mass is 491 g/mol. The molecule has 0 spiro atoms. The van der Waals surface area contributed by atoms with Gasteiger partial charge in [0.25, 0.3) is 11.7 Å². The van der Waals surface area contributed by atoms with E-state index in [-0.39, 0.29) is 11.1 Å². The van der Waals surface area contributed by atoms with E-state index >= 15 is 0 Å². The van der Waals surface area contributed by atoms with E-state index in [1.165, 1.54) is 36.3 Å². The number of rotatable bonds is 8. The quantitative estimate of drug-likeness (QED) is 0.263. The van der Waals surface area contributed by atoms with Crippen LogP contribution in [0.4, 0.5) is 10.1 Å². The molecule has 1 heterocycles. The van der Waals surface area contributed by atoms with Crippen LogP contribution in [0.2, 0.25) is 0 Å². The largest absolute Gasteiger partial charge is 0.507 e. The highest BCUT2D eigenvalue weighted by atomic mass is 19.1. The molecule has 186 valence electrons. The zero-order valence-electron chi connectivity index (χ0n) is 20.2. The molecule has 0 aromatic heterocycles. The van der Waals surface area contributed by atoms with Crippen LogP contribution in [0.25, 0.3) is 5.76 Å². The third-order valence-electron chi connectivity index (χ3n) is 5.78. The Bertz CT molecular complexity index is 1320. The number of halogens is 1. The van der Waals surface area contributed by atoms with Crippen LogP contribution in [0.5, 0.6) is 17.2 Å². The van der Waals surface area contributed by atoms with Gasteiger partial charge in [-0.15, -0.1) is 0 Å². The van der Waals surface area contributed by atoms with Crippen molar-refractivity contribution in [1.29, 1.82) is 0 Å². The molecule has 0 radical (unpaired) electrons. The Morgan fingerprint density at radius 2 is 1.67 bits per heavy atom. The summed E-state index contributed by atoms with van der Waals surface area (Å²) in [7, 11) is 1.50. The summed E-state index contributed by atoms with van der Waals surface area (Å²) in [6.07, 6.45) is 0. The average Bonchev–Trinajstić information content (AvgIpc) is 3.15. The van der Waals surface area contributed by atoms with Crippen molar-refractivity contribution >= 4 is 23.1 Å². The number of hydrogen-bond donors (Lipinski definition) is 1. The van der Waals surface area contributed by atoms with Gasteiger partial charge in [0.2, 0.25) is 0 Å². The molecule has 1 aliphatic heterocycles. The zero-order valence-corrected chi connectivity index (χ0v) is 20.2. The normalized spacial score (nSPS) is 16.8. The third-order valence-corrected chi connectivity index (χ3v) is 5.78. The number of aliphatic hydroxyl groups excluding tert-OH is 1. The first-order chi connectivity index (χ1) is 17.4. The van der Waals surface area contributed by atoms with Gasteiger partial charge in [-0.2, -0.15) is 0 Å². The van der Waals surface area contributed by atoms with Crippen molar-refractivity contribution in [3.8, 4) is 17.2 Å². The van der Waals surface area contributed by atoms with Gasteiger partial charge in [0, 0.05) is 11.8 Å². The van der Waals surface area contributed by atoms with Gasteiger partial charge < -0.3 is 19.3 Å². The lowest BCUT2D eigenvalue weighted by Crippen LogP contribution is -2.29. The Morgan fingerprint density at radius 3 is 2.33 bits per heavy atom. The van der Waals surface area contributed by atoms with E-state index in [0.29, 0.717) is 41.7 Å². The van der Waals surface area contributed by atoms with Crippen LogP contribution < -0.4 is 19.1 Å². The Morgan fingerprint density at radius 1 is 0.944 bits per heavy atom. The maximum atomic E-state index is 13.6. The van der Waals surface area contributed by atoms with Crippen molar-refractivity contribution in [2.24, 2.45) is 0 Å². The molecular formula is C28H26FNO6. The zero-order chi connectivity index (χ0) is 25.8. The first-order valence-electron chi connectivity index (χ1n) is 11.5. The molecule has 1 aliphatic rings. The van der Waals surface area contributed by atoms with E-state index in [2.05, 4.69) is 0 Å². The molecule has 4 rings (SSSR count). The molecular weight excluding hydrogens is 465 g/mol. The fraction of sp³-hybridized carbons (Fsp3) is 0.214. The molecule has 36 heavy (non-hydrogen) atoms. The van der Waals surface area contributed by atoms with Gasteiger partial charge in [0.1, 0.15) is 28.8 Å². The van der Waals surface area contributed by atoms with Crippen molar-refractivity contribution in [1.82, 2.24) is 0 Å². The molecule has 3 aromatic carbocycles. The minimum Gasteiger partial charge on any atom is -0.507 e. The molecule has 0 saturated carbocycles. The van der Waals surface area contributed by atoms with E-state index in [1.807, 2.05) is 6.92 Å². The smallest absolute Gasteiger partial charge is 0.300 e. The van der Waals surface area contributed by atoms with Crippen LogP contribution >= 0.6 is 0 Å². The Hall–Kier alpha value is -4.33. The minimum atomic E-state index is -0.994. The van der Waals surface area contributed by atoms with E-state index < -0.39 is 29.3 Å². The van der Waals surface area contributed by atoms with Crippen LogP contribution in [0.3, 0.4) is 0 Å². The van der Waals surface area contributed by atoms with Crippen molar-refractivity contribution in [3.05, 3.63) is 89.2 Å². The summed E-state index contributed by atoms with van der Waals surface area (Å²) >= 11 is 0. The third kappa shape index (κ3) is 4.62. The van der Waals surface area contributed by atoms with Gasteiger partial charge in [0.05, 0.1) is 37.5 Å². The second-order valence-corrected chi connectivity index (χ2v) is 7.95. The average molecular weight is 492 g/mol. The summed E-state index contributed by atoms with van der Waals surface area (Å²) < 4.78 is 30.2. The number of anilines is 1. The summed E-state index contributed by atoms with van der Waals surface area (Å²) in [5, 5.41) is 11.5. The Labute approximate surface area is 208 Å². The highest BCUT2D eigenvalue weighted by molar-refractivity contribution is 6.51. The number of carbonyl (C=O) groups excluding carboxylic acids is 2. The standard InChI is InChI=1S/C28H26FNO6/c1-4-35-21-13-14-22(23(16-21)36-5-2)26(31)24-25(17-7-6-8-20(15-17)34-3)30(28(33)27(24)32)19-11-9-18(29)10-12-19/h6-16,25,31H,4-5H2,1-3H3/b26-24-. The minimum absolute atomic E-state index is 0.123. The lowest BCUT2D eigenvalue weighted by Gasteiger charge is -2.26. The summed E-state index contributed by atoms with van der Waals surface area (Å²) in [5.74, 6) is -1.25. The maximum Gasteiger partial charge on any atom is 0.300 e. The van der Waals surface area contributed by atoms with E-state index in [4.69, 9.17) is 14.2 Å². The molecule has 0 bridgehead atoms. The van der Waals surface area contributed by atoms with Crippen LogP contribution in [0, 0.1) is 5.82 Å². The van der Waals surface area contributed by atoms with Gasteiger partial charge in [-0.05, 0) is 67.9 Å². The van der Waals surface area contributed by atoms with Gasteiger partial charge >= 0.3 is 0 Å². The number of carbonyl (C=O) groups is 2. The Balaban J connectivity index is 1.95. The lowest BCUT2D eigenvalue weighted by atomic mass is 9.94. The van der Waals surface area contributed by atoms with Crippen molar-refractivity contribution in [3.63, 3.8) is 0 Å². The molecule has 1 saturated heterocycles. The first kappa shape index (κ1) is 24.8. The van der Waals surface area contributed by atoms with Crippen molar-refractivity contribution < 1.29 is 33.3 Å². The molecule has 1 N–H and O–H groups in total. The van der Waals surface area contributed by atoms with E-state index in [1.54, 1.807) is 49.4 Å². The number of ketones is 1. The van der Waals surface area contributed by atoms with Crippen molar-refractivity contribution in [2.75, 3.05) is 25.2 Å². The van der Waals surface area contributed by atoms with E-state index in [9.17, 15) is 19.1 Å². The van der Waals surface area contributed by atoms with Crippen LogP contribution in [0.1, 0.15) is 31.0 Å². The predicted octanol–water partition coefficient (Wildman–Crippen LogP) is 5.26. The van der Waals surface area contributed by atoms with Gasteiger partial charge in [-0.25, -0.2) is 4.39 Å². The molecule has 1 atom stereocenters. The number of hydrogen-bond acceptors (Lipinski definition) is 6. The molecule has 8 heteroatoms. The van der Waals surface area contributed by atoms with Crippen LogP contribution in [-0.2, 0) is 9.59 Å². The number of benzene rings is 3. The van der Waals surface area contributed by atoms with E-state index in [0.717, 1.165) is 0 Å². The summed E-state index contributed by atoms with van der Waals surface area (Å²) in [5.41, 5.74) is 0.957. The highest BCUT2D eigenvalue weighted by Gasteiger charge is 2.47. The number of aliphatic hydroxyl groups is 1. The first-order valence-corrected chi connectivity index (χ1v) is 11.5. The molecule has 1 amide bonds. The molecule has 7 nitrogen and oxygen atoms in total. The fourth-order valence-electron chi connectivity index (χ4n) is 4.20. The van der Waals surface area contributed by atoms with Crippen LogP contribution in [0.15, 0.2) is 72.3 Å². The van der Waals surface area contributed by atoms with Gasteiger partial charge in [-0.3, -0.25) is 14.5 Å². The highest BCUT2D eigenvalue weighted by Crippen LogP contribution is 2.44. The topological polar surface area (TPSA) is 85.3 Å². The number of amides is 1. The van der Waals surface area contributed by atoms with Crippen LogP contribution in [-0.4, -0.2) is 37.1 Å². The second kappa shape index (κ2) is 10.5. The summed E-state index contributed by atoms with van der Waals surface area (Å²) in [6.45, 7) is 4.38. The summed E-state index contributed by atoms with van der Waals surface area (Å²) in [6, 6.07) is 16.0. The molecule has 1 unspecified atom stereocenters. The SMILES string of the molecule is CCOc1ccc(/C(O)=C2/C(=O)C(=O)N(c3ccc(F)cc3)C2c2cccc(OC)c2)c(OCC)c1. The Kier molecular flexibility index (Phi) is 7.24. The summed E-state index contributed by atoms with van der Waals surface area (Å²) in [4.78, 5) is 27.9. The number of ether oxygens (including phenoxy) is 3. The fourth-order valence-corrected chi connectivity index (χ4v) is 4.20. The predicted molar refractivity (Wildman–Crippen MR) is 133 cm³/mol. The maximum absolute atomic E-state index is 13.6. The molecule has 3 aromatic rings. The number of Topliss-reactive ketones (excluding diaryl/α,β-unsaturated/α-hetero) is 1. The van der Waals surface area contributed by atoms with Gasteiger partial charge in [0.15, 0.2) is 0 Å². The number of nitrogens with zero attached hydrogens (tertiary/aromatic N) is 1. The molecule has 0 aliphatic carbocycles. The van der Waals surface area contributed by atoms with Gasteiger partial charge in [-0.1, -0.05) is 12.1 Å².